The van der Waals surface area contributed by atoms with Gasteiger partial charge >= 0.3 is 11.9 Å². The largest absolute Gasteiger partial charge is 0.490 e. The van der Waals surface area contributed by atoms with Crippen molar-refractivity contribution >= 4 is 17.5 Å². The maximum absolute atomic E-state index is 11.3. The molecule has 0 spiro atoms. The van der Waals surface area contributed by atoms with Gasteiger partial charge in [0.2, 0.25) is 5.76 Å². The highest BCUT2D eigenvalue weighted by Crippen LogP contribution is 2.26. The van der Waals surface area contributed by atoms with Gasteiger partial charge in [-0.25, -0.2) is 4.79 Å². The number of benzene rings is 1. The molecule has 0 heterocycles. The first-order valence-electron chi connectivity index (χ1n) is 16.7. The standard InChI is InChI=1S/C18H26O3.C18H36O2/c1-3-4-5-6-7-11-14-16(17(21-2)18(19)20)15-12-9-8-10-13-15;1-2-3-4-5-6-7-8-9-10-11-12-13-14-15-16-17-18(19)20/h8-10,12-13H,3-7,11,14H2,1-2H3,(H,19,20);2-17H2,1H3,(H,19,20). The van der Waals surface area contributed by atoms with Gasteiger partial charge in [0.15, 0.2) is 0 Å². The zero-order valence-corrected chi connectivity index (χ0v) is 26.8. The van der Waals surface area contributed by atoms with Crippen LogP contribution < -0.4 is 0 Å². The molecule has 0 aliphatic heterocycles. The molecule has 0 atom stereocenters. The topological polar surface area (TPSA) is 83.8 Å². The highest BCUT2D eigenvalue weighted by molar-refractivity contribution is 5.94. The molecule has 2 N–H and O–H groups in total. The van der Waals surface area contributed by atoms with Gasteiger partial charge in [0.25, 0.3) is 0 Å². The molecule has 0 radical (unpaired) electrons. The summed E-state index contributed by atoms with van der Waals surface area (Å²) in [5.74, 6) is -1.59. The summed E-state index contributed by atoms with van der Waals surface area (Å²) in [5.41, 5.74) is 1.73. The molecule has 1 aromatic rings. The van der Waals surface area contributed by atoms with E-state index in [0.717, 1.165) is 43.2 Å². The fourth-order valence-corrected chi connectivity index (χ4v) is 5.10. The predicted octanol–water partition coefficient (Wildman–Crippen LogP) is 11.2. The number of ether oxygens (including phenoxy) is 1. The molecule has 0 fully saturated rings. The molecule has 1 aromatic carbocycles. The minimum absolute atomic E-state index is 0.0646. The number of rotatable bonds is 26. The zero-order valence-electron chi connectivity index (χ0n) is 26.8. The summed E-state index contributed by atoms with van der Waals surface area (Å²) < 4.78 is 5.10. The molecule has 0 amide bonds. The first-order chi connectivity index (χ1) is 20.0. The van der Waals surface area contributed by atoms with Gasteiger partial charge in [-0.15, -0.1) is 0 Å². The lowest BCUT2D eigenvalue weighted by atomic mass is 9.97. The normalized spacial score (nSPS) is 11.4. The summed E-state index contributed by atoms with van der Waals surface area (Å²) in [6, 6.07) is 9.65. The Morgan fingerprint density at radius 2 is 0.927 bits per heavy atom. The van der Waals surface area contributed by atoms with Crippen LogP contribution in [0, 0.1) is 0 Å². The number of carbonyl (C=O) groups is 2. The molecule has 0 unspecified atom stereocenters. The Bertz CT molecular complexity index is 771. The number of methoxy groups -OCH3 is 1. The molecule has 0 bridgehead atoms. The van der Waals surface area contributed by atoms with E-state index in [1.807, 2.05) is 30.3 Å². The maximum atomic E-state index is 11.3. The van der Waals surface area contributed by atoms with Gasteiger partial charge in [0.1, 0.15) is 0 Å². The highest BCUT2D eigenvalue weighted by Gasteiger charge is 2.16. The van der Waals surface area contributed by atoms with Crippen LogP contribution in [-0.2, 0) is 14.3 Å². The fourth-order valence-electron chi connectivity index (χ4n) is 5.10. The van der Waals surface area contributed by atoms with E-state index in [1.54, 1.807) is 0 Å². The van der Waals surface area contributed by atoms with Crippen LogP contribution in [0.4, 0.5) is 0 Å². The zero-order chi connectivity index (χ0) is 30.4. The molecule has 5 nitrogen and oxygen atoms in total. The van der Waals surface area contributed by atoms with Crippen LogP contribution >= 0.6 is 0 Å². The van der Waals surface area contributed by atoms with Crippen molar-refractivity contribution in [1.29, 1.82) is 0 Å². The Kier molecular flexibility index (Phi) is 27.6. The quantitative estimate of drug-likeness (QED) is 0.0653. The van der Waals surface area contributed by atoms with Crippen LogP contribution in [0.15, 0.2) is 36.1 Å². The van der Waals surface area contributed by atoms with Crippen LogP contribution in [0.25, 0.3) is 5.57 Å². The molecule has 0 saturated carbocycles. The lowest BCUT2D eigenvalue weighted by Crippen LogP contribution is -2.06. The summed E-state index contributed by atoms with van der Waals surface area (Å²) in [7, 11) is 1.42. The summed E-state index contributed by atoms with van der Waals surface area (Å²) >= 11 is 0. The molecule has 41 heavy (non-hydrogen) atoms. The van der Waals surface area contributed by atoms with Crippen molar-refractivity contribution in [3.05, 3.63) is 41.7 Å². The number of hydrogen-bond acceptors (Lipinski definition) is 3. The first kappa shape index (κ1) is 38.7. The van der Waals surface area contributed by atoms with Gasteiger partial charge in [-0.2, -0.15) is 0 Å². The molecule has 0 aromatic heterocycles. The van der Waals surface area contributed by atoms with E-state index in [-0.39, 0.29) is 5.76 Å². The molecule has 0 aliphatic carbocycles. The molecular weight excluding hydrogens is 512 g/mol. The second kappa shape index (κ2) is 29.2. The van der Waals surface area contributed by atoms with Crippen molar-refractivity contribution in [2.45, 2.75) is 162 Å². The Hall–Kier alpha value is -2.30. The molecule has 236 valence electrons. The van der Waals surface area contributed by atoms with Crippen LogP contribution in [0.2, 0.25) is 0 Å². The average molecular weight is 575 g/mol. The second-order valence-corrected chi connectivity index (χ2v) is 11.3. The van der Waals surface area contributed by atoms with Crippen molar-refractivity contribution < 1.29 is 24.5 Å². The minimum atomic E-state index is -0.998. The van der Waals surface area contributed by atoms with Crippen LogP contribution in [0.5, 0.6) is 0 Å². The summed E-state index contributed by atoms with van der Waals surface area (Å²) in [6.07, 6.45) is 28.1. The summed E-state index contributed by atoms with van der Waals surface area (Å²) in [6.45, 7) is 4.47. The van der Waals surface area contributed by atoms with Gasteiger partial charge in [-0.3, -0.25) is 4.79 Å². The van der Waals surface area contributed by atoms with Crippen LogP contribution in [0.1, 0.15) is 167 Å². The van der Waals surface area contributed by atoms with E-state index >= 15 is 0 Å². The third kappa shape index (κ3) is 24.0. The lowest BCUT2D eigenvalue weighted by molar-refractivity contribution is -0.137. The third-order valence-corrected chi connectivity index (χ3v) is 7.57. The van der Waals surface area contributed by atoms with Gasteiger partial charge in [-0.1, -0.05) is 166 Å². The number of hydrogen-bond donors (Lipinski definition) is 2. The van der Waals surface area contributed by atoms with E-state index in [2.05, 4.69) is 13.8 Å². The van der Waals surface area contributed by atoms with Crippen LogP contribution in [0.3, 0.4) is 0 Å². The van der Waals surface area contributed by atoms with Crippen molar-refractivity contribution in [3.8, 4) is 0 Å². The SMILES string of the molecule is CCCCCCCCC(=C(OC)C(=O)O)c1ccccc1.CCCCCCCCCCCCCCCCCC(=O)O. The van der Waals surface area contributed by atoms with Crippen molar-refractivity contribution in [3.63, 3.8) is 0 Å². The number of unbranched alkanes of at least 4 members (excludes halogenated alkanes) is 19. The average Bonchev–Trinajstić information content (AvgIpc) is 2.96. The number of carboxylic acid groups (broad SMARTS) is 2. The number of allylic oxidation sites excluding steroid dienone is 1. The maximum Gasteiger partial charge on any atom is 0.371 e. The van der Waals surface area contributed by atoms with E-state index in [0.29, 0.717) is 6.42 Å². The lowest BCUT2D eigenvalue weighted by Gasteiger charge is -2.12. The number of carboxylic acids is 2. The van der Waals surface area contributed by atoms with Gasteiger partial charge < -0.3 is 14.9 Å². The van der Waals surface area contributed by atoms with E-state index in [9.17, 15) is 14.7 Å². The third-order valence-electron chi connectivity index (χ3n) is 7.57. The molecule has 0 aliphatic rings. The Labute approximate surface area is 252 Å². The Balaban J connectivity index is 0.000000782. The van der Waals surface area contributed by atoms with Crippen molar-refractivity contribution in [2.24, 2.45) is 0 Å². The molecular formula is C36H62O5. The summed E-state index contributed by atoms with van der Waals surface area (Å²) in [4.78, 5) is 21.7. The van der Waals surface area contributed by atoms with E-state index in [1.165, 1.54) is 116 Å². The smallest absolute Gasteiger partial charge is 0.371 e. The second-order valence-electron chi connectivity index (χ2n) is 11.3. The van der Waals surface area contributed by atoms with E-state index in [4.69, 9.17) is 9.84 Å². The van der Waals surface area contributed by atoms with Crippen molar-refractivity contribution in [1.82, 2.24) is 0 Å². The molecule has 0 saturated heterocycles. The monoisotopic (exact) mass is 574 g/mol. The van der Waals surface area contributed by atoms with E-state index < -0.39 is 11.9 Å². The van der Waals surface area contributed by atoms with Gasteiger partial charge in [0.05, 0.1) is 7.11 Å². The summed E-state index contributed by atoms with van der Waals surface area (Å²) in [5, 5.41) is 17.8. The first-order valence-corrected chi connectivity index (χ1v) is 16.7. The van der Waals surface area contributed by atoms with Gasteiger partial charge in [-0.05, 0) is 24.8 Å². The predicted molar refractivity (Wildman–Crippen MR) is 173 cm³/mol. The fraction of sp³-hybridized carbons (Fsp3) is 0.722. The molecule has 5 heteroatoms. The van der Waals surface area contributed by atoms with Gasteiger partial charge in [0, 0.05) is 12.0 Å². The minimum Gasteiger partial charge on any atom is -0.490 e. The highest BCUT2D eigenvalue weighted by atomic mass is 16.5. The van der Waals surface area contributed by atoms with Crippen LogP contribution in [-0.4, -0.2) is 29.3 Å². The number of aliphatic carboxylic acids is 2. The van der Waals surface area contributed by atoms with Crippen molar-refractivity contribution in [2.75, 3.05) is 7.11 Å². The Morgan fingerprint density at radius 3 is 1.27 bits per heavy atom. The molecule has 1 rings (SSSR count). The Morgan fingerprint density at radius 1 is 0.561 bits per heavy atom.